The molecule has 0 amide bonds. The van der Waals surface area contributed by atoms with Gasteiger partial charge in [0.25, 0.3) is 0 Å². The van der Waals surface area contributed by atoms with Gasteiger partial charge in [-0.3, -0.25) is 0 Å². The number of anilines is 3. The van der Waals surface area contributed by atoms with Gasteiger partial charge in [0.2, 0.25) is 0 Å². The third kappa shape index (κ3) is 4.11. The van der Waals surface area contributed by atoms with Crippen LogP contribution in [0.25, 0.3) is 44.2 Å². The van der Waals surface area contributed by atoms with Crippen LogP contribution < -0.4 is 4.90 Å². The van der Waals surface area contributed by atoms with Crippen molar-refractivity contribution < 1.29 is 0 Å². The quantitative estimate of drug-likeness (QED) is 0.175. The molecule has 0 heterocycles. The van der Waals surface area contributed by atoms with Crippen LogP contribution in [0.2, 0.25) is 0 Å². The van der Waals surface area contributed by atoms with E-state index in [2.05, 4.69) is 157 Å². The second kappa shape index (κ2) is 11.6. The summed E-state index contributed by atoms with van der Waals surface area (Å²) in [5.74, 6) is 3.32. The van der Waals surface area contributed by atoms with Crippen molar-refractivity contribution in [1.29, 1.82) is 0 Å². The standard InChI is InChI=1S/C55H47N/c1-2-16-43-37(12-1)13-10-19-44(43)38-14-9-15-41(33-38)56(42-24-25-49-47(34-42)45-17-3-5-20-48(45)54(49)26-7-8-27-54)52-23-11-22-51-53(52)46-18-4-6-21-50(46)55(51)39-29-35-28-36(31-39)32-40(55)30-35/h1-6,9-25,33-36,39-40H,7-8,26-32H2. The monoisotopic (exact) mass is 721 g/mol. The average molecular weight is 722 g/mol. The van der Waals surface area contributed by atoms with E-state index in [1.807, 2.05) is 0 Å². The first-order chi connectivity index (χ1) is 27.7. The maximum atomic E-state index is 2.64. The third-order valence-corrected chi connectivity index (χ3v) is 16.0. The summed E-state index contributed by atoms with van der Waals surface area (Å²) in [6.45, 7) is 0. The van der Waals surface area contributed by atoms with Gasteiger partial charge in [0.15, 0.2) is 0 Å². The lowest BCUT2D eigenvalue weighted by atomic mass is 9.43. The molecule has 7 aliphatic rings. The SMILES string of the molecule is c1cc(-c2cccc3ccccc23)cc(N(c2ccc3c(c2)-c2ccccc2C32CCCC2)c2cccc3c2-c2ccccc2C32C3CC4CC(C3)CC2C4)c1. The normalized spacial score (nSPS) is 25.4. The Kier molecular flexibility index (Phi) is 6.57. The Balaban J connectivity index is 1.06. The van der Waals surface area contributed by atoms with Gasteiger partial charge >= 0.3 is 0 Å². The molecule has 7 aromatic carbocycles. The van der Waals surface area contributed by atoms with Crippen molar-refractivity contribution in [3.63, 3.8) is 0 Å². The highest BCUT2D eigenvalue weighted by atomic mass is 15.1. The lowest BCUT2D eigenvalue weighted by Gasteiger charge is -2.61. The molecule has 0 aliphatic heterocycles. The molecule has 0 N–H and O–H groups in total. The fourth-order valence-corrected chi connectivity index (χ4v) is 14.2. The smallest absolute Gasteiger partial charge is 0.0543 e. The molecule has 4 bridgehead atoms. The second-order valence-corrected chi connectivity index (χ2v) is 18.4. The number of hydrogen-bond donors (Lipinski definition) is 0. The fourth-order valence-electron chi connectivity index (χ4n) is 14.2. The molecule has 1 heteroatoms. The van der Waals surface area contributed by atoms with Crippen molar-refractivity contribution in [1.82, 2.24) is 0 Å². The van der Waals surface area contributed by atoms with Crippen LogP contribution in [0, 0.1) is 23.7 Å². The minimum Gasteiger partial charge on any atom is -0.310 e. The van der Waals surface area contributed by atoms with Crippen molar-refractivity contribution in [2.75, 3.05) is 4.90 Å². The molecule has 0 aromatic heterocycles. The lowest BCUT2D eigenvalue weighted by Crippen LogP contribution is -2.55. The van der Waals surface area contributed by atoms with Crippen molar-refractivity contribution in [2.45, 2.75) is 68.6 Å². The zero-order valence-corrected chi connectivity index (χ0v) is 32.1. The van der Waals surface area contributed by atoms with Crippen LogP contribution >= 0.6 is 0 Å². The Morgan fingerprint density at radius 2 is 1.07 bits per heavy atom. The number of rotatable bonds is 4. The predicted molar refractivity (Wildman–Crippen MR) is 232 cm³/mol. The van der Waals surface area contributed by atoms with Crippen LogP contribution in [0.5, 0.6) is 0 Å². The summed E-state index contributed by atoms with van der Waals surface area (Å²) in [6.07, 6.45) is 12.2. The minimum absolute atomic E-state index is 0.123. The number of nitrogens with zero attached hydrogens (tertiary/aromatic N) is 1. The highest BCUT2D eigenvalue weighted by Crippen LogP contribution is 2.70. The molecule has 7 aliphatic carbocycles. The molecule has 0 saturated heterocycles. The van der Waals surface area contributed by atoms with Crippen molar-refractivity contribution >= 4 is 27.8 Å². The summed E-state index contributed by atoms with van der Waals surface area (Å²) >= 11 is 0. The molecule has 0 radical (unpaired) electrons. The number of benzene rings is 7. The fraction of sp³-hybridized carbons (Fsp3) is 0.273. The summed E-state index contributed by atoms with van der Waals surface area (Å²) in [4.78, 5) is 2.64. The third-order valence-electron chi connectivity index (χ3n) is 16.0. The van der Waals surface area contributed by atoms with Crippen LogP contribution in [0.4, 0.5) is 17.1 Å². The van der Waals surface area contributed by atoms with Gasteiger partial charge in [0, 0.05) is 27.8 Å². The Bertz CT molecular complexity index is 2710. The molecular weight excluding hydrogens is 675 g/mol. The summed E-state index contributed by atoms with van der Waals surface area (Å²) in [7, 11) is 0. The largest absolute Gasteiger partial charge is 0.310 e. The maximum absolute atomic E-state index is 2.64. The van der Waals surface area contributed by atoms with Crippen LogP contribution in [-0.4, -0.2) is 0 Å². The van der Waals surface area contributed by atoms with Gasteiger partial charge in [-0.15, -0.1) is 0 Å². The lowest BCUT2D eigenvalue weighted by molar-refractivity contribution is -0.0399. The van der Waals surface area contributed by atoms with Gasteiger partial charge in [-0.2, -0.15) is 0 Å². The zero-order chi connectivity index (χ0) is 36.6. The molecule has 0 atom stereocenters. The first-order valence-electron chi connectivity index (χ1n) is 21.6. The molecule has 0 unspecified atom stereocenters. The van der Waals surface area contributed by atoms with E-state index in [-0.39, 0.29) is 10.8 Å². The Hall–Kier alpha value is -5.40. The number of hydrogen-bond acceptors (Lipinski definition) is 1. The van der Waals surface area contributed by atoms with Crippen LogP contribution in [0.1, 0.15) is 80.0 Å². The van der Waals surface area contributed by atoms with E-state index in [9.17, 15) is 0 Å². The van der Waals surface area contributed by atoms with E-state index in [0.717, 1.165) is 23.7 Å². The molecule has 272 valence electrons. The van der Waals surface area contributed by atoms with Gasteiger partial charge < -0.3 is 4.90 Å². The van der Waals surface area contributed by atoms with Crippen LogP contribution in [-0.2, 0) is 10.8 Å². The molecule has 5 fully saturated rings. The van der Waals surface area contributed by atoms with Crippen LogP contribution in [0.15, 0.2) is 152 Å². The van der Waals surface area contributed by atoms with Gasteiger partial charge in [0.1, 0.15) is 0 Å². The molecule has 5 saturated carbocycles. The minimum atomic E-state index is 0.123. The van der Waals surface area contributed by atoms with Crippen molar-refractivity contribution in [3.05, 3.63) is 174 Å². The van der Waals surface area contributed by atoms with Crippen molar-refractivity contribution in [2.24, 2.45) is 23.7 Å². The Morgan fingerprint density at radius 3 is 1.91 bits per heavy atom. The van der Waals surface area contributed by atoms with Crippen molar-refractivity contribution in [3.8, 4) is 33.4 Å². The summed E-state index contributed by atoms with van der Waals surface area (Å²) in [6, 6.07) is 58.9. The van der Waals surface area contributed by atoms with Crippen LogP contribution in [0.3, 0.4) is 0 Å². The topological polar surface area (TPSA) is 3.24 Å². The number of fused-ring (bicyclic) bond motifs is 9. The predicted octanol–water partition coefficient (Wildman–Crippen LogP) is 14.5. The summed E-state index contributed by atoms with van der Waals surface area (Å²) < 4.78 is 0. The van der Waals surface area contributed by atoms with E-state index in [0.29, 0.717) is 0 Å². The first-order valence-corrected chi connectivity index (χ1v) is 21.6. The molecular formula is C55H47N. The molecule has 7 aromatic rings. The summed E-state index contributed by atoms with van der Waals surface area (Å²) in [5.41, 5.74) is 18.7. The van der Waals surface area contributed by atoms with Gasteiger partial charge in [0.05, 0.1) is 5.69 Å². The molecule has 1 nitrogen and oxygen atoms in total. The molecule has 56 heavy (non-hydrogen) atoms. The Labute approximate surface area is 331 Å². The van der Waals surface area contributed by atoms with E-state index in [4.69, 9.17) is 0 Å². The molecule has 14 rings (SSSR count). The van der Waals surface area contributed by atoms with E-state index in [1.165, 1.54) is 119 Å². The average Bonchev–Trinajstić information content (AvgIpc) is 3.93. The van der Waals surface area contributed by atoms with E-state index >= 15 is 0 Å². The Morgan fingerprint density at radius 1 is 0.446 bits per heavy atom. The second-order valence-electron chi connectivity index (χ2n) is 18.4. The highest BCUT2D eigenvalue weighted by Gasteiger charge is 2.62. The van der Waals surface area contributed by atoms with E-state index in [1.54, 1.807) is 22.3 Å². The summed E-state index contributed by atoms with van der Waals surface area (Å²) in [5, 5.41) is 2.58. The maximum Gasteiger partial charge on any atom is 0.0543 e. The highest BCUT2D eigenvalue weighted by molar-refractivity contribution is 6.00. The van der Waals surface area contributed by atoms with Gasteiger partial charge in [-0.1, -0.05) is 134 Å². The van der Waals surface area contributed by atoms with Gasteiger partial charge in [-0.05, 0) is 160 Å². The van der Waals surface area contributed by atoms with Gasteiger partial charge in [-0.25, -0.2) is 0 Å². The first kappa shape index (κ1) is 31.8. The van der Waals surface area contributed by atoms with E-state index < -0.39 is 0 Å². The molecule has 2 spiro atoms. The zero-order valence-electron chi connectivity index (χ0n) is 32.1.